The molecule has 78 valence electrons. The van der Waals surface area contributed by atoms with Crippen LogP contribution in [-0.2, 0) is 4.74 Å². The minimum absolute atomic E-state index is 0.0437. The fourth-order valence-corrected chi connectivity index (χ4v) is 0.552. The molecule has 2 N–H and O–H groups in total. The molecule has 0 aliphatic heterocycles. The quantitative estimate of drug-likeness (QED) is 0.558. The number of hydrogen-bond donors (Lipinski definition) is 2. The van der Waals surface area contributed by atoms with Crippen LogP contribution in [0.15, 0.2) is 25.7 Å². The maximum atomic E-state index is 8.47. The zero-order valence-electron chi connectivity index (χ0n) is 7.20. The van der Waals surface area contributed by atoms with E-state index in [0.29, 0.717) is 6.42 Å². The maximum absolute atomic E-state index is 8.47. The molecular weight excluding hydrogens is 215 g/mol. The van der Waals surface area contributed by atoms with Gasteiger partial charge in [-0.25, -0.2) is 0 Å². The highest BCUT2D eigenvalue weighted by atomic mass is 35.5. The first-order valence-corrected chi connectivity index (χ1v) is 4.41. The summed E-state index contributed by atoms with van der Waals surface area (Å²) >= 11 is 10.5. The van der Waals surface area contributed by atoms with Gasteiger partial charge in [-0.05, 0) is 6.42 Å². The van der Waals surface area contributed by atoms with Gasteiger partial charge in [-0.15, -0.1) is 11.6 Å². The van der Waals surface area contributed by atoms with Crippen molar-refractivity contribution in [1.82, 2.24) is 0 Å². The average molecular weight is 229 g/mol. The second-order valence-electron chi connectivity index (χ2n) is 1.87. The predicted octanol–water partition coefficient (Wildman–Crippen LogP) is 1.82. The van der Waals surface area contributed by atoms with Gasteiger partial charge in [-0.3, -0.25) is 0 Å². The highest BCUT2D eigenvalue weighted by Gasteiger charge is 2.10. The van der Waals surface area contributed by atoms with Crippen molar-refractivity contribution in [2.75, 3.05) is 6.61 Å². The lowest BCUT2D eigenvalue weighted by atomic mass is 10.3. The lowest BCUT2D eigenvalue weighted by molar-refractivity contribution is 0.219. The van der Waals surface area contributed by atoms with Gasteiger partial charge >= 0.3 is 0 Å². The first-order chi connectivity index (χ1) is 6.09. The topological polar surface area (TPSA) is 49.7 Å². The first kappa shape index (κ1) is 15.3. The third-order valence-electron chi connectivity index (χ3n) is 0.896. The average Bonchev–Trinajstić information content (AvgIpc) is 2.07. The Morgan fingerprint density at radius 2 is 1.77 bits per heavy atom. The van der Waals surface area contributed by atoms with Gasteiger partial charge in [-0.1, -0.05) is 24.8 Å². The van der Waals surface area contributed by atoms with Crippen LogP contribution >= 0.6 is 23.2 Å². The normalized spacial score (nSPS) is 13.2. The molecule has 0 saturated heterocycles. The molecule has 3 nitrogen and oxygen atoms in total. The van der Waals surface area contributed by atoms with Crippen molar-refractivity contribution in [3.63, 3.8) is 0 Å². The number of rotatable bonds is 5. The van der Waals surface area contributed by atoms with E-state index in [1.807, 2.05) is 0 Å². The van der Waals surface area contributed by atoms with E-state index in [2.05, 4.69) is 17.9 Å². The molecular formula is C8H14Cl2O3. The molecule has 0 heterocycles. The fraction of sp³-hybridized carbons (Fsp3) is 0.500. The molecule has 0 radical (unpaired) electrons. The second kappa shape index (κ2) is 11.8. The van der Waals surface area contributed by atoms with Crippen molar-refractivity contribution in [2.24, 2.45) is 0 Å². The van der Waals surface area contributed by atoms with Gasteiger partial charge in [0.2, 0.25) is 0 Å². The Kier molecular flexibility index (Phi) is 13.8. The lowest BCUT2D eigenvalue weighted by Gasteiger charge is -2.06. The van der Waals surface area contributed by atoms with E-state index in [-0.39, 0.29) is 6.61 Å². The molecule has 0 aromatic rings. The van der Waals surface area contributed by atoms with Crippen LogP contribution in [0.4, 0.5) is 0 Å². The number of halogens is 2. The van der Waals surface area contributed by atoms with E-state index >= 15 is 0 Å². The van der Waals surface area contributed by atoms with Gasteiger partial charge in [0.25, 0.3) is 0 Å². The Labute approximate surface area is 88.2 Å². The van der Waals surface area contributed by atoms with Crippen LogP contribution in [0.3, 0.4) is 0 Å². The van der Waals surface area contributed by atoms with Crippen LogP contribution < -0.4 is 0 Å². The van der Waals surface area contributed by atoms with Crippen molar-refractivity contribution >= 4 is 23.2 Å². The molecule has 0 aromatic carbocycles. The molecule has 5 heteroatoms. The summed E-state index contributed by atoms with van der Waals surface area (Å²) in [6.45, 7) is 6.47. The Morgan fingerprint density at radius 1 is 1.31 bits per heavy atom. The van der Waals surface area contributed by atoms with E-state index in [4.69, 9.17) is 33.4 Å². The van der Waals surface area contributed by atoms with Gasteiger partial charge in [0.15, 0.2) is 0 Å². The molecule has 2 atom stereocenters. The minimum Gasteiger partial charge on any atom is -0.474 e. The van der Waals surface area contributed by atoms with E-state index in [0.717, 1.165) is 0 Å². The van der Waals surface area contributed by atoms with Crippen LogP contribution in [0.2, 0.25) is 0 Å². The molecule has 2 unspecified atom stereocenters. The molecule has 0 aromatic heterocycles. The minimum atomic E-state index is -1.05. The van der Waals surface area contributed by atoms with Crippen LogP contribution in [0.1, 0.15) is 6.42 Å². The van der Waals surface area contributed by atoms with Crippen molar-refractivity contribution < 1.29 is 14.9 Å². The van der Waals surface area contributed by atoms with Crippen molar-refractivity contribution in [3.05, 3.63) is 25.7 Å². The number of aliphatic hydroxyl groups is 2. The third kappa shape index (κ3) is 14.6. The Balaban J connectivity index is 0. The third-order valence-corrected chi connectivity index (χ3v) is 1.79. The summed E-state index contributed by atoms with van der Waals surface area (Å²) in [4.78, 5) is 0. The SMILES string of the molecule is C=COC=C.OCCC(Cl)C(O)Cl. The maximum Gasteiger partial charge on any atom is 0.144 e. The molecule has 0 aliphatic carbocycles. The Hall–Kier alpha value is -0.220. The zero-order valence-corrected chi connectivity index (χ0v) is 8.71. The summed E-state index contributed by atoms with van der Waals surface area (Å²) in [6.07, 6.45) is 2.95. The highest BCUT2D eigenvalue weighted by Crippen LogP contribution is 2.09. The van der Waals surface area contributed by atoms with Crippen LogP contribution in [-0.4, -0.2) is 27.8 Å². The first-order valence-electron chi connectivity index (χ1n) is 3.54. The van der Waals surface area contributed by atoms with Gasteiger partial charge in [-0.2, -0.15) is 0 Å². The summed E-state index contributed by atoms with van der Waals surface area (Å²) < 4.78 is 4.36. The molecule has 0 spiro atoms. The summed E-state index contributed by atoms with van der Waals surface area (Å²) in [5, 5.41) is 16.2. The Bertz CT molecular complexity index is 123. The van der Waals surface area contributed by atoms with Gasteiger partial charge in [0.05, 0.1) is 17.9 Å². The van der Waals surface area contributed by atoms with Crippen molar-refractivity contribution in [1.29, 1.82) is 0 Å². The molecule has 0 aliphatic rings. The molecule has 0 saturated carbocycles. The fourth-order valence-electron chi connectivity index (χ4n) is 0.329. The highest BCUT2D eigenvalue weighted by molar-refractivity contribution is 6.29. The number of alkyl halides is 2. The molecule has 0 rings (SSSR count). The summed E-state index contributed by atoms with van der Waals surface area (Å²) in [7, 11) is 0. The number of ether oxygens (including phenoxy) is 1. The van der Waals surface area contributed by atoms with E-state index < -0.39 is 10.9 Å². The molecule has 0 bridgehead atoms. The molecule has 13 heavy (non-hydrogen) atoms. The molecule has 0 amide bonds. The molecule has 0 fully saturated rings. The van der Waals surface area contributed by atoms with Crippen molar-refractivity contribution in [2.45, 2.75) is 17.4 Å². The van der Waals surface area contributed by atoms with Crippen LogP contribution in [0.25, 0.3) is 0 Å². The van der Waals surface area contributed by atoms with E-state index in [1.165, 1.54) is 12.5 Å². The smallest absolute Gasteiger partial charge is 0.144 e. The van der Waals surface area contributed by atoms with Gasteiger partial charge in [0.1, 0.15) is 5.56 Å². The summed E-state index contributed by atoms with van der Waals surface area (Å²) in [5.74, 6) is 0. The predicted molar refractivity (Wildman–Crippen MR) is 54.7 cm³/mol. The lowest BCUT2D eigenvalue weighted by Crippen LogP contribution is -2.14. The number of hydrogen-bond acceptors (Lipinski definition) is 3. The van der Waals surface area contributed by atoms with Crippen LogP contribution in [0.5, 0.6) is 0 Å². The monoisotopic (exact) mass is 228 g/mol. The standard InChI is InChI=1S/C4H8Cl2O2.C4H6O/c5-3(1-2-7)4(6)8;1-3-5-4-2/h3-4,7-8H,1-2H2;3-4H,1-2H2. The van der Waals surface area contributed by atoms with E-state index in [1.54, 1.807) is 0 Å². The Morgan fingerprint density at radius 3 is 1.85 bits per heavy atom. The van der Waals surface area contributed by atoms with Gasteiger partial charge < -0.3 is 14.9 Å². The summed E-state index contributed by atoms with van der Waals surface area (Å²) in [5.41, 5.74) is -1.05. The van der Waals surface area contributed by atoms with Crippen molar-refractivity contribution in [3.8, 4) is 0 Å². The zero-order chi connectivity index (χ0) is 10.7. The number of aliphatic hydroxyl groups excluding tert-OH is 2. The van der Waals surface area contributed by atoms with Gasteiger partial charge in [0, 0.05) is 6.61 Å². The largest absolute Gasteiger partial charge is 0.474 e. The second-order valence-corrected chi connectivity index (χ2v) is 2.88. The van der Waals surface area contributed by atoms with Crippen LogP contribution in [0, 0.1) is 0 Å². The summed E-state index contributed by atoms with van der Waals surface area (Å²) in [6, 6.07) is 0. The van der Waals surface area contributed by atoms with E-state index in [9.17, 15) is 0 Å².